The molecule has 2 unspecified atom stereocenters. The van der Waals surface area contributed by atoms with Crippen LogP contribution in [0.15, 0.2) is 24.3 Å². The molecule has 4 bridgehead atoms. The molecule has 0 aromatic heterocycles. The Morgan fingerprint density at radius 2 is 1.65 bits per heavy atom. The first-order chi connectivity index (χ1) is 8.23. The van der Waals surface area contributed by atoms with Gasteiger partial charge >= 0.3 is 115 Å². The standard InChI is InChI=1S/C16H20I/c1-11-2-4-13(5-3-11)16-8-12-6-14(9-16)17-15(7-12)10-16/h2-5,12,14-15H,6-10H2,1H3/q-1. The summed E-state index contributed by atoms with van der Waals surface area (Å²) in [5.41, 5.74) is 3.69. The zero-order valence-corrected chi connectivity index (χ0v) is 12.6. The minimum absolute atomic E-state index is 0.545. The van der Waals surface area contributed by atoms with Crippen molar-refractivity contribution in [3.63, 3.8) is 0 Å². The van der Waals surface area contributed by atoms with E-state index in [0.29, 0.717) is 26.6 Å². The summed E-state index contributed by atoms with van der Waals surface area (Å²) >= 11 is 0.545. The third kappa shape index (κ3) is 1.68. The Bertz CT molecular complexity index is 396. The van der Waals surface area contributed by atoms with Crippen molar-refractivity contribution < 1.29 is 21.2 Å². The van der Waals surface area contributed by atoms with E-state index in [-0.39, 0.29) is 0 Å². The predicted octanol–water partition coefficient (Wildman–Crippen LogP) is 0.667. The molecule has 1 heteroatoms. The van der Waals surface area contributed by atoms with Crippen LogP contribution in [0.2, 0.25) is 0 Å². The van der Waals surface area contributed by atoms with Crippen LogP contribution >= 0.6 is 0 Å². The van der Waals surface area contributed by atoms with Gasteiger partial charge in [0.15, 0.2) is 0 Å². The number of aryl methyl sites for hydroxylation is 1. The van der Waals surface area contributed by atoms with Crippen molar-refractivity contribution in [3.05, 3.63) is 35.4 Å². The van der Waals surface area contributed by atoms with E-state index in [1.807, 2.05) is 0 Å². The van der Waals surface area contributed by atoms with Crippen molar-refractivity contribution in [2.45, 2.75) is 52.3 Å². The zero-order chi connectivity index (χ0) is 11.5. The van der Waals surface area contributed by atoms with Gasteiger partial charge in [0.25, 0.3) is 0 Å². The van der Waals surface area contributed by atoms with Crippen LogP contribution in [0.25, 0.3) is 0 Å². The summed E-state index contributed by atoms with van der Waals surface area (Å²) in [6.07, 6.45) is 7.77. The molecule has 0 nitrogen and oxygen atoms in total. The van der Waals surface area contributed by atoms with Crippen molar-refractivity contribution in [2.24, 2.45) is 5.92 Å². The Balaban J connectivity index is 1.74. The van der Waals surface area contributed by atoms with Gasteiger partial charge in [0.2, 0.25) is 0 Å². The van der Waals surface area contributed by atoms with E-state index >= 15 is 0 Å². The van der Waals surface area contributed by atoms with Crippen LogP contribution in [0, 0.1) is 12.8 Å². The second kappa shape index (κ2) is 3.72. The van der Waals surface area contributed by atoms with Crippen molar-refractivity contribution in [1.29, 1.82) is 0 Å². The number of rotatable bonds is 1. The van der Waals surface area contributed by atoms with Crippen LogP contribution in [0.1, 0.15) is 43.2 Å². The van der Waals surface area contributed by atoms with Crippen LogP contribution < -0.4 is 21.2 Å². The Labute approximate surface area is 114 Å². The van der Waals surface area contributed by atoms with Crippen molar-refractivity contribution in [3.8, 4) is 0 Å². The molecule has 1 aromatic rings. The second-order valence-electron chi connectivity index (χ2n) is 6.42. The fourth-order valence-electron chi connectivity index (χ4n) is 4.51. The fourth-order valence-corrected chi connectivity index (χ4v) is 10.2. The van der Waals surface area contributed by atoms with E-state index in [9.17, 15) is 0 Å². The van der Waals surface area contributed by atoms with Gasteiger partial charge in [-0.05, 0) is 0 Å². The molecule has 4 fully saturated rings. The Morgan fingerprint density at radius 1 is 1.00 bits per heavy atom. The fraction of sp³-hybridized carbons (Fsp3) is 0.625. The molecule has 0 N–H and O–H groups in total. The molecule has 17 heavy (non-hydrogen) atoms. The summed E-state index contributed by atoms with van der Waals surface area (Å²) in [5.74, 6) is 1.09. The van der Waals surface area contributed by atoms with E-state index in [1.54, 1.807) is 18.4 Å². The number of hydrogen-bond donors (Lipinski definition) is 0. The first kappa shape index (κ1) is 10.8. The summed E-state index contributed by atoms with van der Waals surface area (Å²) in [4.78, 5) is 0. The second-order valence-corrected chi connectivity index (χ2v) is 10.7. The van der Waals surface area contributed by atoms with Crippen LogP contribution in [0.3, 0.4) is 0 Å². The van der Waals surface area contributed by atoms with Gasteiger partial charge in [0.1, 0.15) is 0 Å². The van der Waals surface area contributed by atoms with E-state index in [1.165, 1.54) is 32.7 Å². The van der Waals surface area contributed by atoms with Crippen molar-refractivity contribution >= 4 is 0 Å². The normalized spacial score (nSPS) is 43.5. The summed E-state index contributed by atoms with van der Waals surface area (Å²) in [6.45, 7) is 2.20. The number of alkyl halides is 2. The van der Waals surface area contributed by atoms with Crippen LogP contribution in [-0.2, 0) is 5.41 Å². The third-order valence-electron chi connectivity index (χ3n) is 5.10. The quantitative estimate of drug-likeness (QED) is 0.521. The zero-order valence-electron chi connectivity index (χ0n) is 10.5. The van der Waals surface area contributed by atoms with Gasteiger partial charge in [-0.1, -0.05) is 0 Å². The number of hydrogen-bond acceptors (Lipinski definition) is 0. The Kier molecular flexibility index (Phi) is 2.37. The number of benzene rings is 1. The topological polar surface area (TPSA) is 0 Å². The molecule has 2 saturated carbocycles. The molecule has 2 aliphatic carbocycles. The van der Waals surface area contributed by atoms with Crippen LogP contribution in [0.5, 0.6) is 0 Å². The molecule has 92 valence electrons. The van der Waals surface area contributed by atoms with Crippen LogP contribution in [-0.4, -0.2) is 7.85 Å². The van der Waals surface area contributed by atoms with Gasteiger partial charge in [-0.2, -0.15) is 0 Å². The average Bonchev–Trinajstić information content (AvgIpc) is 2.27. The van der Waals surface area contributed by atoms with Gasteiger partial charge in [0, 0.05) is 0 Å². The summed E-state index contributed by atoms with van der Waals surface area (Å²) in [6, 6.07) is 9.51. The summed E-state index contributed by atoms with van der Waals surface area (Å²) in [7, 11) is 0. The van der Waals surface area contributed by atoms with Gasteiger partial charge in [-0.3, -0.25) is 0 Å². The SMILES string of the molecule is Cc1ccc(C23CC4CC(C2)[I-]C(C4)C3)cc1. The van der Waals surface area contributed by atoms with Crippen molar-refractivity contribution in [2.75, 3.05) is 0 Å². The van der Waals surface area contributed by atoms with Gasteiger partial charge in [-0.25, -0.2) is 0 Å². The summed E-state index contributed by atoms with van der Waals surface area (Å²) < 4.78 is 2.34. The molecule has 1 aromatic carbocycles. The first-order valence-electron chi connectivity index (χ1n) is 6.93. The third-order valence-corrected chi connectivity index (χ3v) is 9.03. The van der Waals surface area contributed by atoms with E-state index < -0.39 is 0 Å². The first-order valence-corrected chi connectivity index (χ1v) is 9.42. The Hall–Kier alpha value is -0.0500. The maximum absolute atomic E-state index is 2.43. The maximum atomic E-state index is 2.43. The average molecular weight is 339 g/mol. The van der Waals surface area contributed by atoms with E-state index in [0.717, 1.165) is 5.92 Å². The molecule has 0 spiro atoms. The molecule has 5 rings (SSSR count). The molecule has 0 radical (unpaired) electrons. The predicted molar refractivity (Wildman–Crippen MR) is 67.0 cm³/mol. The van der Waals surface area contributed by atoms with Gasteiger partial charge < -0.3 is 0 Å². The van der Waals surface area contributed by atoms with Crippen molar-refractivity contribution in [1.82, 2.24) is 0 Å². The minimum atomic E-state index is 0.545. The number of halogens is 1. The monoisotopic (exact) mass is 339 g/mol. The molecule has 0 amide bonds. The van der Waals surface area contributed by atoms with E-state index in [2.05, 4.69) is 31.2 Å². The van der Waals surface area contributed by atoms with Crippen LogP contribution in [0.4, 0.5) is 0 Å². The molecule has 2 saturated heterocycles. The molecular weight excluding hydrogens is 319 g/mol. The summed E-state index contributed by atoms with van der Waals surface area (Å²) in [5, 5.41) is 0. The molecule has 2 heterocycles. The molecule has 4 aliphatic rings. The molecule has 2 aliphatic heterocycles. The van der Waals surface area contributed by atoms with E-state index in [4.69, 9.17) is 0 Å². The van der Waals surface area contributed by atoms with Gasteiger partial charge in [0.05, 0.1) is 0 Å². The Morgan fingerprint density at radius 3 is 2.24 bits per heavy atom. The molecule has 2 atom stereocenters. The molecular formula is C16H20I-. The van der Waals surface area contributed by atoms with Gasteiger partial charge in [-0.15, -0.1) is 0 Å².